The molecule has 0 amide bonds. The van der Waals surface area contributed by atoms with Crippen molar-refractivity contribution in [2.75, 3.05) is 26.2 Å². The lowest BCUT2D eigenvalue weighted by atomic mass is 9.99. The Balaban J connectivity index is 0.00000200. The minimum absolute atomic E-state index is 0. The van der Waals surface area contributed by atoms with Crippen molar-refractivity contribution in [3.05, 3.63) is 24.3 Å². The molecule has 1 heterocycles. The van der Waals surface area contributed by atoms with Gasteiger partial charge in [0.05, 0.1) is 13.2 Å². The van der Waals surface area contributed by atoms with E-state index in [1.54, 1.807) is 29.2 Å². The first-order valence-electron chi connectivity index (χ1n) is 6.56. The zero-order valence-electron chi connectivity index (χ0n) is 11.2. The maximum Gasteiger partial charge on any atom is 0.251 e. The third kappa shape index (κ3) is 5.13. The molecule has 0 saturated carbocycles. The molecule has 0 aliphatic carbocycles. The number of alkyl halides is 2. The van der Waals surface area contributed by atoms with Gasteiger partial charge in [0.15, 0.2) is 11.5 Å². The van der Waals surface area contributed by atoms with Crippen LogP contribution in [0.3, 0.4) is 0 Å². The van der Waals surface area contributed by atoms with Crippen LogP contribution >= 0.6 is 12.4 Å². The third-order valence-corrected chi connectivity index (χ3v) is 3.34. The summed E-state index contributed by atoms with van der Waals surface area (Å²) in [4.78, 5) is 1.78. The van der Waals surface area contributed by atoms with Gasteiger partial charge in [-0.1, -0.05) is 12.1 Å². The molecule has 20 heavy (non-hydrogen) atoms. The van der Waals surface area contributed by atoms with Gasteiger partial charge in [0.2, 0.25) is 0 Å². The van der Waals surface area contributed by atoms with E-state index >= 15 is 0 Å². The van der Waals surface area contributed by atoms with Crippen LogP contribution in [0.1, 0.15) is 12.8 Å². The van der Waals surface area contributed by atoms with Gasteiger partial charge in [-0.05, 0) is 31.5 Å². The Morgan fingerprint density at radius 3 is 2.80 bits per heavy atom. The molecule has 6 heteroatoms. The Hall–Kier alpha value is -1.07. The van der Waals surface area contributed by atoms with E-state index in [1.165, 1.54) is 0 Å². The quantitative estimate of drug-likeness (QED) is 0.907. The Morgan fingerprint density at radius 1 is 1.35 bits per heavy atom. The van der Waals surface area contributed by atoms with Gasteiger partial charge < -0.3 is 9.84 Å². The number of ether oxygens (including phenoxy) is 1. The second kappa shape index (κ2) is 8.27. The minimum atomic E-state index is -2.28. The molecular formula is C14H20ClF2NO2. The lowest BCUT2D eigenvalue weighted by molar-refractivity contribution is 0.0549. The number of likely N-dealkylation sites (tertiary alicyclic amines) is 1. The maximum atomic E-state index is 12.3. The van der Waals surface area contributed by atoms with Gasteiger partial charge in [0.1, 0.15) is 0 Å². The molecule has 3 nitrogen and oxygen atoms in total. The van der Waals surface area contributed by atoms with Crippen molar-refractivity contribution in [1.29, 1.82) is 0 Å². The molecule has 1 N–H and O–H groups in total. The normalized spacial score (nSPS) is 19.6. The highest BCUT2D eigenvalue weighted by atomic mass is 35.5. The van der Waals surface area contributed by atoms with E-state index in [2.05, 4.69) is 0 Å². The molecule has 114 valence electrons. The number of hydrogen-bond acceptors (Lipinski definition) is 3. The molecule has 2 rings (SSSR count). The number of nitrogens with zero attached hydrogens (tertiary/aromatic N) is 1. The fourth-order valence-corrected chi connectivity index (χ4v) is 2.44. The predicted octanol–water partition coefficient (Wildman–Crippen LogP) is 3.17. The number of para-hydroxylation sites is 2. The Labute approximate surface area is 123 Å². The van der Waals surface area contributed by atoms with Gasteiger partial charge in [-0.2, -0.15) is 0 Å². The van der Waals surface area contributed by atoms with E-state index in [9.17, 15) is 13.9 Å². The summed E-state index contributed by atoms with van der Waals surface area (Å²) in [7, 11) is 0. The van der Waals surface area contributed by atoms with Crippen molar-refractivity contribution in [3.63, 3.8) is 0 Å². The molecule has 1 aliphatic heterocycles. The van der Waals surface area contributed by atoms with Crippen molar-refractivity contribution < 1.29 is 18.6 Å². The lowest BCUT2D eigenvalue weighted by Gasteiger charge is -2.32. The van der Waals surface area contributed by atoms with E-state index < -0.39 is 6.43 Å². The van der Waals surface area contributed by atoms with E-state index in [4.69, 9.17) is 4.74 Å². The fourth-order valence-electron chi connectivity index (χ4n) is 2.44. The molecule has 1 unspecified atom stereocenters. The minimum Gasteiger partial charge on any atom is -0.504 e. The molecule has 0 radical (unpaired) electrons. The van der Waals surface area contributed by atoms with Gasteiger partial charge in [0.25, 0.3) is 6.43 Å². The van der Waals surface area contributed by atoms with E-state index in [1.807, 2.05) is 0 Å². The van der Waals surface area contributed by atoms with E-state index in [0.29, 0.717) is 18.9 Å². The standard InChI is InChI=1S/C14H19F2NO2.ClH/c15-14(16)9-17-7-3-4-11(8-17)10-19-13-6-2-1-5-12(13)18;/h1-2,5-6,11,14,18H,3-4,7-10H2;1H. The van der Waals surface area contributed by atoms with Crippen molar-refractivity contribution in [2.24, 2.45) is 5.92 Å². The smallest absolute Gasteiger partial charge is 0.251 e. The third-order valence-electron chi connectivity index (χ3n) is 3.34. The molecule has 0 spiro atoms. The van der Waals surface area contributed by atoms with Crippen LogP contribution in [0, 0.1) is 5.92 Å². The van der Waals surface area contributed by atoms with Gasteiger partial charge in [-0.3, -0.25) is 4.90 Å². The summed E-state index contributed by atoms with van der Waals surface area (Å²) in [5.74, 6) is 0.809. The highest BCUT2D eigenvalue weighted by molar-refractivity contribution is 5.85. The Bertz CT molecular complexity index is 407. The summed E-state index contributed by atoms with van der Waals surface area (Å²) >= 11 is 0. The Morgan fingerprint density at radius 2 is 2.10 bits per heavy atom. The Kier molecular flexibility index (Phi) is 7.02. The number of phenolic OH excluding ortho intramolecular Hbond substituents is 1. The highest BCUT2D eigenvalue weighted by Gasteiger charge is 2.22. The summed E-state index contributed by atoms with van der Waals surface area (Å²) in [6, 6.07) is 6.79. The first-order chi connectivity index (χ1) is 9.15. The molecule has 1 saturated heterocycles. The van der Waals surface area contributed by atoms with Gasteiger partial charge in [-0.15, -0.1) is 12.4 Å². The average molecular weight is 308 g/mol. The van der Waals surface area contributed by atoms with Gasteiger partial charge in [-0.25, -0.2) is 8.78 Å². The van der Waals surface area contributed by atoms with Crippen LogP contribution in [0.4, 0.5) is 8.78 Å². The first-order valence-corrected chi connectivity index (χ1v) is 6.56. The van der Waals surface area contributed by atoms with E-state index in [0.717, 1.165) is 19.4 Å². The zero-order chi connectivity index (χ0) is 13.7. The molecule has 1 aromatic rings. The number of phenols is 1. The highest BCUT2D eigenvalue weighted by Crippen LogP contribution is 2.26. The van der Waals surface area contributed by atoms with Crippen LogP contribution in [-0.2, 0) is 0 Å². The first kappa shape index (κ1) is 17.0. The second-order valence-corrected chi connectivity index (χ2v) is 4.94. The van der Waals surface area contributed by atoms with E-state index in [-0.39, 0.29) is 30.6 Å². The summed E-state index contributed by atoms with van der Waals surface area (Å²) < 4.78 is 30.3. The van der Waals surface area contributed by atoms with Crippen LogP contribution in [0.25, 0.3) is 0 Å². The zero-order valence-corrected chi connectivity index (χ0v) is 12.0. The summed E-state index contributed by atoms with van der Waals surface area (Å²) in [6.07, 6.45) is -0.382. The number of aromatic hydroxyl groups is 1. The van der Waals surface area contributed by atoms with Crippen LogP contribution in [0.15, 0.2) is 24.3 Å². The topological polar surface area (TPSA) is 32.7 Å². The molecule has 1 fully saturated rings. The maximum absolute atomic E-state index is 12.3. The monoisotopic (exact) mass is 307 g/mol. The number of halogens is 3. The number of hydrogen-bond donors (Lipinski definition) is 1. The van der Waals surface area contributed by atoms with Crippen molar-refractivity contribution in [3.8, 4) is 11.5 Å². The van der Waals surface area contributed by atoms with Crippen molar-refractivity contribution in [2.45, 2.75) is 19.3 Å². The number of benzene rings is 1. The summed E-state index contributed by atoms with van der Waals surface area (Å²) in [6.45, 7) is 1.67. The van der Waals surface area contributed by atoms with Crippen LogP contribution < -0.4 is 4.74 Å². The van der Waals surface area contributed by atoms with Crippen LogP contribution in [0.5, 0.6) is 11.5 Å². The average Bonchev–Trinajstić information content (AvgIpc) is 2.37. The van der Waals surface area contributed by atoms with Crippen LogP contribution in [0.2, 0.25) is 0 Å². The number of piperidine rings is 1. The van der Waals surface area contributed by atoms with Crippen LogP contribution in [-0.4, -0.2) is 42.7 Å². The van der Waals surface area contributed by atoms with Gasteiger partial charge >= 0.3 is 0 Å². The largest absolute Gasteiger partial charge is 0.504 e. The fraction of sp³-hybridized carbons (Fsp3) is 0.571. The summed E-state index contributed by atoms with van der Waals surface area (Å²) in [5.41, 5.74) is 0. The second-order valence-electron chi connectivity index (χ2n) is 4.94. The molecule has 1 aromatic carbocycles. The predicted molar refractivity (Wildman–Crippen MR) is 76.0 cm³/mol. The molecule has 1 atom stereocenters. The van der Waals surface area contributed by atoms with Crippen molar-refractivity contribution in [1.82, 2.24) is 4.90 Å². The summed E-state index contributed by atoms with van der Waals surface area (Å²) in [5, 5.41) is 9.58. The molecular weight excluding hydrogens is 288 g/mol. The van der Waals surface area contributed by atoms with Gasteiger partial charge in [0, 0.05) is 12.5 Å². The molecule has 1 aliphatic rings. The SMILES string of the molecule is Cl.Oc1ccccc1OCC1CCCN(CC(F)F)C1. The number of rotatable bonds is 5. The molecule has 0 aromatic heterocycles. The molecule has 0 bridgehead atoms. The van der Waals surface area contributed by atoms with Crippen molar-refractivity contribution >= 4 is 12.4 Å². The lowest BCUT2D eigenvalue weighted by Crippen LogP contribution is -2.40.